The van der Waals surface area contributed by atoms with Crippen molar-refractivity contribution in [1.82, 2.24) is 0 Å². The van der Waals surface area contributed by atoms with Gasteiger partial charge in [0.05, 0.1) is 23.6 Å². The molecule has 0 saturated carbocycles. The van der Waals surface area contributed by atoms with Gasteiger partial charge in [0.25, 0.3) is 10.0 Å². The molecule has 0 unspecified atom stereocenters. The molecule has 40 heavy (non-hydrogen) atoms. The minimum absolute atomic E-state index is 0.0510. The summed E-state index contributed by atoms with van der Waals surface area (Å²) < 4.78 is 34.1. The van der Waals surface area contributed by atoms with Gasteiger partial charge in [-0.2, -0.15) is 0 Å². The van der Waals surface area contributed by atoms with E-state index in [-0.39, 0.29) is 35.4 Å². The molecule has 0 heterocycles. The third kappa shape index (κ3) is 6.29. The fourth-order valence-corrected chi connectivity index (χ4v) is 5.88. The number of carbonyl (C=O) groups is 2. The molecule has 4 rings (SSSR count). The predicted molar refractivity (Wildman–Crippen MR) is 156 cm³/mol. The van der Waals surface area contributed by atoms with Crippen molar-refractivity contribution >= 4 is 49.9 Å². The average Bonchev–Trinajstić information content (AvgIpc) is 2.93. The third-order valence-electron chi connectivity index (χ3n) is 6.31. The van der Waals surface area contributed by atoms with Crippen molar-refractivity contribution < 1.29 is 22.7 Å². The molecule has 0 radical (unpaired) electrons. The van der Waals surface area contributed by atoms with Crippen LogP contribution >= 0.6 is 0 Å². The number of nitrogen functional groups attached to an aromatic ring is 1. The average molecular weight is 559 g/mol. The maximum Gasteiger partial charge on any atom is 0.326 e. The number of esters is 1. The monoisotopic (exact) mass is 558 g/mol. The van der Waals surface area contributed by atoms with Crippen LogP contribution in [0.25, 0.3) is 10.8 Å². The summed E-state index contributed by atoms with van der Waals surface area (Å²) in [5.74, 6) is -1.08. The van der Waals surface area contributed by atoms with Gasteiger partial charge in [0.2, 0.25) is 5.91 Å². The summed E-state index contributed by atoms with van der Waals surface area (Å²) in [5, 5.41) is 11.6. The Kier molecular flexibility index (Phi) is 8.49. The Morgan fingerprint density at radius 3 is 2.38 bits per heavy atom. The Morgan fingerprint density at radius 2 is 1.68 bits per heavy atom. The summed E-state index contributed by atoms with van der Waals surface area (Å²) in [6, 6.07) is 23.7. The zero-order valence-corrected chi connectivity index (χ0v) is 23.0. The summed E-state index contributed by atoms with van der Waals surface area (Å²) in [4.78, 5) is 25.5. The number of nitrogens with two attached hydrogens (primary N) is 1. The highest BCUT2D eigenvalue weighted by atomic mass is 32.2. The van der Waals surface area contributed by atoms with Crippen molar-refractivity contribution in [3.63, 3.8) is 0 Å². The molecule has 4 aromatic rings. The molecule has 0 aliphatic rings. The van der Waals surface area contributed by atoms with E-state index in [0.717, 1.165) is 15.3 Å². The summed E-state index contributed by atoms with van der Waals surface area (Å²) in [7, 11) is -4.22. The number of rotatable bonds is 10. The summed E-state index contributed by atoms with van der Waals surface area (Å²) in [5.41, 5.74) is 8.09. The molecule has 0 spiro atoms. The maximum atomic E-state index is 14.0. The minimum atomic E-state index is -4.22. The fourth-order valence-electron chi connectivity index (χ4n) is 4.26. The number of amidine groups is 1. The van der Waals surface area contributed by atoms with E-state index >= 15 is 0 Å². The van der Waals surface area contributed by atoms with E-state index in [9.17, 15) is 18.0 Å². The highest BCUT2D eigenvalue weighted by molar-refractivity contribution is 7.93. The van der Waals surface area contributed by atoms with Crippen LogP contribution in [0.5, 0.6) is 0 Å². The Bertz CT molecular complexity index is 1680. The molecule has 0 fully saturated rings. The number of hydrogen-bond donors (Lipinski definition) is 3. The smallest absolute Gasteiger partial charge is 0.326 e. The van der Waals surface area contributed by atoms with E-state index in [1.54, 1.807) is 68.4 Å². The van der Waals surface area contributed by atoms with Gasteiger partial charge < -0.3 is 15.8 Å². The molecule has 1 amide bonds. The van der Waals surface area contributed by atoms with Crippen molar-refractivity contribution in [2.75, 3.05) is 22.8 Å². The lowest BCUT2D eigenvalue weighted by molar-refractivity contribution is -0.141. The van der Waals surface area contributed by atoms with Gasteiger partial charge >= 0.3 is 5.97 Å². The second-order valence-corrected chi connectivity index (χ2v) is 11.0. The van der Waals surface area contributed by atoms with Gasteiger partial charge in [0.15, 0.2) is 0 Å². The van der Waals surface area contributed by atoms with E-state index in [1.165, 1.54) is 12.1 Å². The largest absolute Gasteiger partial charge is 0.465 e. The summed E-state index contributed by atoms with van der Waals surface area (Å²) in [6.07, 6.45) is 0.0582. The van der Waals surface area contributed by atoms with Crippen LogP contribution in [0.1, 0.15) is 23.6 Å². The van der Waals surface area contributed by atoms with Crippen molar-refractivity contribution in [2.24, 2.45) is 5.73 Å². The van der Waals surface area contributed by atoms with Crippen molar-refractivity contribution in [3.8, 4) is 0 Å². The van der Waals surface area contributed by atoms with Crippen molar-refractivity contribution in [1.29, 1.82) is 5.41 Å². The number of nitrogens with zero attached hydrogens (tertiary/aromatic N) is 1. The molecule has 0 aromatic heterocycles. The number of sulfonamides is 1. The van der Waals surface area contributed by atoms with E-state index in [0.29, 0.717) is 22.2 Å². The molecule has 10 heteroatoms. The van der Waals surface area contributed by atoms with Crippen LogP contribution in [0.3, 0.4) is 0 Å². The van der Waals surface area contributed by atoms with Crippen LogP contribution in [0.15, 0.2) is 89.8 Å². The highest BCUT2D eigenvalue weighted by Gasteiger charge is 2.29. The highest BCUT2D eigenvalue weighted by Crippen LogP contribution is 2.31. The first-order valence-electron chi connectivity index (χ1n) is 12.6. The van der Waals surface area contributed by atoms with Gasteiger partial charge in [-0.05, 0) is 48.6 Å². The number of aryl methyl sites for hydroxylation is 1. The molecule has 0 bridgehead atoms. The number of nitrogens with one attached hydrogen (secondary N) is 2. The molecule has 206 valence electrons. The number of fused-ring (bicyclic) bond motifs is 1. The predicted octanol–water partition coefficient (Wildman–Crippen LogP) is 4.37. The molecule has 0 aliphatic heterocycles. The Hall–Kier alpha value is -4.70. The Labute approximate surface area is 233 Å². The molecule has 0 atom stereocenters. The second kappa shape index (κ2) is 12.0. The first kappa shape index (κ1) is 28.3. The van der Waals surface area contributed by atoms with E-state index in [2.05, 4.69) is 5.32 Å². The van der Waals surface area contributed by atoms with Gasteiger partial charge in [-0.1, -0.05) is 66.7 Å². The quantitative estimate of drug-likeness (QED) is 0.150. The maximum absolute atomic E-state index is 14.0. The normalized spacial score (nSPS) is 11.2. The van der Waals surface area contributed by atoms with Gasteiger partial charge in [-0.3, -0.25) is 19.3 Å². The van der Waals surface area contributed by atoms with Gasteiger partial charge in [0, 0.05) is 16.6 Å². The lowest BCUT2D eigenvalue weighted by Crippen LogP contribution is -2.36. The van der Waals surface area contributed by atoms with Gasteiger partial charge in [-0.15, -0.1) is 0 Å². The second-order valence-electron chi connectivity index (χ2n) is 9.13. The topological polar surface area (TPSA) is 143 Å². The Morgan fingerprint density at radius 1 is 0.975 bits per heavy atom. The number of ether oxygens (including phenoxy) is 1. The van der Waals surface area contributed by atoms with Crippen LogP contribution in [0.2, 0.25) is 0 Å². The molecular weight excluding hydrogens is 528 g/mol. The number of carbonyl (C=O) groups excluding carboxylic acids is 2. The minimum Gasteiger partial charge on any atom is -0.465 e. The molecule has 9 nitrogen and oxygen atoms in total. The number of anilines is 2. The summed E-state index contributed by atoms with van der Waals surface area (Å²) in [6.45, 7) is 2.99. The first-order valence-corrected chi connectivity index (χ1v) is 14.0. The molecule has 4 N–H and O–H groups in total. The van der Waals surface area contributed by atoms with E-state index < -0.39 is 22.5 Å². The molecular formula is C30H30N4O5S. The van der Waals surface area contributed by atoms with Gasteiger partial charge in [0.1, 0.15) is 12.4 Å². The van der Waals surface area contributed by atoms with Crippen LogP contribution in [-0.4, -0.2) is 39.3 Å². The number of benzene rings is 4. The van der Waals surface area contributed by atoms with Crippen molar-refractivity contribution in [2.45, 2.75) is 25.2 Å². The zero-order chi connectivity index (χ0) is 28.9. The molecule has 4 aromatic carbocycles. The molecule has 0 saturated heterocycles. The fraction of sp³-hybridized carbons (Fsp3) is 0.167. The van der Waals surface area contributed by atoms with E-state index in [1.807, 2.05) is 18.2 Å². The zero-order valence-electron chi connectivity index (χ0n) is 22.2. The standard InChI is InChI=1S/C30H30N4O5S/c1-3-39-29(36)19-34(40(37,38)27-10-6-8-22-7-4-5-9-25(22)27)24-16-11-20(2)26(18-24)33-28(35)17-21-12-14-23(15-13-21)30(31)32/h4-16,18H,3,17,19H2,1-2H3,(H3,31,32)(H,33,35). The first-order chi connectivity index (χ1) is 19.1. The van der Waals surface area contributed by atoms with Crippen LogP contribution in [0, 0.1) is 12.3 Å². The number of hydrogen-bond acceptors (Lipinski definition) is 6. The van der Waals surface area contributed by atoms with Gasteiger partial charge in [-0.25, -0.2) is 8.42 Å². The third-order valence-corrected chi connectivity index (χ3v) is 8.14. The number of amides is 1. The summed E-state index contributed by atoms with van der Waals surface area (Å²) >= 11 is 0. The Balaban J connectivity index is 1.68. The lowest BCUT2D eigenvalue weighted by atomic mass is 10.1. The molecule has 0 aliphatic carbocycles. The van der Waals surface area contributed by atoms with E-state index in [4.69, 9.17) is 15.9 Å². The lowest BCUT2D eigenvalue weighted by Gasteiger charge is -2.25. The van der Waals surface area contributed by atoms with Crippen LogP contribution in [-0.2, 0) is 30.8 Å². The van der Waals surface area contributed by atoms with Crippen LogP contribution < -0.4 is 15.4 Å². The van der Waals surface area contributed by atoms with Crippen molar-refractivity contribution in [3.05, 3.63) is 102 Å². The SMILES string of the molecule is CCOC(=O)CN(c1ccc(C)c(NC(=O)Cc2ccc(C(=N)N)cc2)c1)S(=O)(=O)c1cccc2ccccc12. The van der Waals surface area contributed by atoms with Crippen LogP contribution in [0.4, 0.5) is 11.4 Å².